The third kappa shape index (κ3) is 5.11. The quantitative estimate of drug-likeness (QED) is 0.666. The first-order chi connectivity index (χ1) is 4.12. The number of hydrogen-bond acceptors (Lipinski definition) is 2. The molecule has 0 atom stereocenters. The highest BCUT2D eigenvalue weighted by Crippen LogP contribution is 2.17. The van der Waals surface area contributed by atoms with Gasteiger partial charge in [0.15, 0.2) is 11.8 Å². The summed E-state index contributed by atoms with van der Waals surface area (Å²) in [7, 11) is 0. The van der Waals surface area contributed by atoms with E-state index in [1.807, 2.05) is 0 Å². The molecule has 9 heavy (non-hydrogen) atoms. The van der Waals surface area contributed by atoms with Gasteiger partial charge in [-0.1, -0.05) is 0 Å². The molecule has 0 fully saturated rings. The fourth-order valence-electron chi connectivity index (χ4n) is 0.404. The molecule has 3 nitrogen and oxygen atoms in total. The zero-order valence-corrected chi connectivity index (χ0v) is 7.27. The predicted octanol–water partition coefficient (Wildman–Crippen LogP) is 0.252. The van der Waals surface area contributed by atoms with Crippen molar-refractivity contribution in [3.8, 4) is 0 Å². The highest BCUT2D eigenvalue weighted by molar-refractivity contribution is 9.05. The number of halogens is 2. The molecular weight excluding hydrogens is 209 g/mol. The zero-order chi connectivity index (χ0) is 7.33. The maximum Gasteiger partial charge on any atom is 0.249 e. The number of hydrogen-bond donors (Lipinski definition) is 2. The summed E-state index contributed by atoms with van der Waals surface area (Å²) in [5, 5.41) is 16.8. The van der Waals surface area contributed by atoms with E-state index >= 15 is 0 Å². The summed E-state index contributed by atoms with van der Waals surface area (Å²) in [4.78, 5) is 0. The molecule has 0 aromatic heterocycles. The van der Waals surface area contributed by atoms with E-state index in [0.717, 1.165) is 0 Å². The molecule has 0 saturated heterocycles. The summed E-state index contributed by atoms with van der Waals surface area (Å²) in [6.07, 6.45) is 0. The van der Waals surface area contributed by atoms with Gasteiger partial charge in [-0.25, -0.2) is 0 Å². The molecule has 0 bridgehead atoms. The lowest BCUT2D eigenvalue weighted by molar-refractivity contribution is -0.654. The van der Waals surface area contributed by atoms with Crippen molar-refractivity contribution in [1.82, 2.24) is 0 Å². The van der Waals surface area contributed by atoms with E-state index in [2.05, 4.69) is 16.1 Å². The highest BCUT2D eigenvalue weighted by Gasteiger charge is 2.20. The summed E-state index contributed by atoms with van der Waals surface area (Å²) in [6, 6.07) is 0. The maximum atomic E-state index is 8.42. The Labute approximate surface area is 67.9 Å². The number of rotatable bonds is 4. The van der Waals surface area contributed by atoms with Gasteiger partial charge in [0, 0.05) is 0 Å². The van der Waals surface area contributed by atoms with Gasteiger partial charge in [-0.15, -0.1) is 0 Å². The largest absolute Gasteiger partial charge is 0.390 e. The molecule has 5 heteroatoms. The van der Waals surface area contributed by atoms with Crippen LogP contribution in [-0.4, -0.2) is 39.5 Å². The SMILES string of the molecule is OCC[N+](Cl)(Br)CCO. The van der Waals surface area contributed by atoms with Crippen molar-refractivity contribution >= 4 is 27.9 Å². The van der Waals surface area contributed by atoms with Gasteiger partial charge in [0.25, 0.3) is 0 Å². The number of quaternary nitrogens is 1. The molecule has 0 aromatic carbocycles. The number of nitrogens with zero attached hydrogens (tertiary/aromatic N) is 1. The average molecular weight is 219 g/mol. The van der Waals surface area contributed by atoms with Crippen LogP contribution >= 0.6 is 27.9 Å². The van der Waals surface area contributed by atoms with Gasteiger partial charge in [-0.3, -0.25) is 0 Å². The van der Waals surface area contributed by atoms with Crippen molar-refractivity contribution < 1.29 is 13.2 Å². The molecule has 56 valence electrons. The Morgan fingerprint density at radius 1 is 1.22 bits per heavy atom. The van der Waals surface area contributed by atoms with Crippen LogP contribution in [0.25, 0.3) is 0 Å². The van der Waals surface area contributed by atoms with Crippen LogP contribution in [0.15, 0.2) is 0 Å². The highest BCUT2D eigenvalue weighted by atomic mass is 79.9. The molecule has 0 aliphatic heterocycles. The Morgan fingerprint density at radius 3 is 1.78 bits per heavy atom. The summed E-state index contributed by atoms with van der Waals surface area (Å²) >= 11 is 8.76. The molecule has 0 rings (SSSR count). The zero-order valence-electron chi connectivity index (χ0n) is 4.93. The van der Waals surface area contributed by atoms with Gasteiger partial charge in [-0.05, 0) is 0 Å². The van der Waals surface area contributed by atoms with Gasteiger partial charge >= 0.3 is 0 Å². The summed E-state index contributed by atoms with van der Waals surface area (Å²) in [6.45, 7) is 0.799. The first-order valence-electron chi connectivity index (χ1n) is 2.60. The van der Waals surface area contributed by atoms with Gasteiger partial charge in [0.2, 0.25) is 16.1 Å². The monoisotopic (exact) mass is 218 g/mol. The van der Waals surface area contributed by atoms with E-state index in [4.69, 9.17) is 22.0 Å². The Morgan fingerprint density at radius 2 is 1.56 bits per heavy atom. The normalized spacial score (nSPS) is 12.0. The molecule has 0 unspecified atom stereocenters. The maximum absolute atomic E-state index is 8.42. The summed E-state index contributed by atoms with van der Waals surface area (Å²) < 4.78 is -0.0278. The minimum atomic E-state index is -0.0278. The average Bonchev–Trinajstić information content (AvgIpc) is 1.64. The minimum Gasteiger partial charge on any atom is -0.390 e. The molecule has 0 saturated carbocycles. The second kappa shape index (κ2) is 4.46. The molecular formula is C4H10BrClNO2+. The standard InChI is InChI=1S/C4H10BrClNO2/c5-7(6,1-3-8)2-4-9/h8-9H,1-4H2/q+1. The van der Waals surface area contributed by atoms with E-state index in [1.165, 1.54) is 0 Å². The second-order valence-corrected chi connectivity index (χ2v) is 4.07. The van der Waals surface area contributed by atoms with Crippen LogP contribution in [0, 0.1) is 0 Å². The lowest BCUT2D eigenvalue weighted by Gasteiger charge is -2.16. The van der Waals surface area contributed by atoms with Crippen LogP contribution < -0.4 is 0 Å². The lowest BCUT2D eigenvalue weighted by atomic mass is 10.6. The van der Waals surface area contributed by atoms with Crippen molar-refractivity contribution in [3.05, 3.63) is 0 Å². The van der Waals surface area contributed by atoms with Crippen molar-refractivity contribution in [3.63, 3.8) is 0 Å². The van der Waals surface area contributed by atoms with E-state index in [0.29, 0.717) is 13.1 Å². The summed E-state index contributed by atoms with van der Waals surface area (Å²) in [5.41, 5.74) is 0. The molecule has 0 aliphatic rings. The summed E-state index contributed by atoms with van der Waals surface area (Å²) in [5.74, 6) is 0. The number of aliphatic hydroxyl groups excluding tert-OH is 2. The van der Waals surface area contributed by atoms with Gasteiger partial charge in [-0.2, -0.15) is 3.03 Å². The Bertz CT molecular complexity index is 73.0. The van der Waals surface area contributed by atoms with Crippen LogP contribution in [0.2, 0.25) is 0 Å². The van der Waals surface area contributed by atoms with E-state index in [9.17, 15) is 0 Å². The predicted molar refractivity (Wildman–Crippen MR) is 38.9 cm³/mol. The van der Waals surface area contributed by atoms with Crippen LogP contribution in [0.4, 0.5) is 0 Å². The Kier molecular flexibility index (Phi) is 4.79. The van der Waals surface area contributed by atoms with Crippen molar-refractivity contribution in [2.45, 2.75) is 0 Å². The van der Waals surface area contributed by atoms with E-state index < -0.39 is 0 Å². The van der Waals surface area contributed by atoms with Gasteiger partial charge in [0.05, 0.1) is 13.2 Å². The third-order valence-corrected chi connectivity index (χ3v) is 1.90. The Balaban J connectivity index is 3.43. The minimum absolute atomic E-state index is 0.00868. The third-order valence-electron chi connectivity index (χ3n) is 0.854. The molecule has 0 amide bonds. The fraction of sp³-hybridized carbons (Fsp3) is 1.00. The van der Waals surface area contributed by atoms with Crippen LogP contribution in [-0.2, 0) is 0 Å². The second-order valence-electron chi connectivity index (χ2n) is 1.66. The van der Waals surface area contributed by atoms with Gasteiger partial charge < -0.3 is 10.2 Å². The first kappa shape index (κ1) is 9.65. The molecule has 0 heterocycles. The molecule has 0 spiro atoms. The van der Waals surface area contributed by atoms with Gasteiger partial charge in [0.1, 0.15) is 13.1 Å². The van der Waals surface area contributed by atoms with Crippen LogP contribution in [0.5, 0.6) is 0 Å². The Hall–Kier alpha value is 0.650. The first-order valence-corrected chi connectivity index (χ1v) is 3.65. The topological polar surface area (TPSA) is 40.5 Å². The van der Waals surface area contributed by atoms with Crippen LogP contribution in [0.3, 0.4) is 0 Å². The van der Waals surface area contributed by atoms with Crippen LogP contribution in [0.1, 0.15) is 0 Å². The molecule has 0 aliphatic carbocycles. The molecule has 2 N–H and O–H groups in total. The molecule has 0 radical (unpaired) electrons. The van der Waals surface area contributed by atoms with Crippen molar-refractivity contribution in [2.75, 3.05) is 26.3 Å². The lowest BCUT2D eigenvalue weighted by Crippen LogP contribution is -2.32. The van der Waals surface area contributed by atoms with E-state index in [1.54, 1.807) is 0 Å². The molecule has 0 aromatic rings. The van der Waals surface area contributed by atoms with Crippen molar-refractivity contribution in [1.29, 1.82) is 0 Å². The van der Waals surface area contributed by atoms with Crippen molar-refractivity contribution in [2.24, 2.45) is 0 Å². The fourth-order valence-corrected chi connectivity index (χ4v) is 0.873. The number of aliphatic hydroxyl groups is 2. The smallest absolute Gasteiger partial charge is 0.249 e. The van der Waals surface area contributed by atoms with E-state index in [-0.39, 0.29) is 16.2 Å².